The van der Waals surface area contributed by atoms with E-state index in [1.54, 1.807) is 6.07 Å². The summed E-state index contributed by atoms with van der Waals surface area (Å²) in [5.74, 6) is -2.71. The standard InChI is InChI=1S/C12H8F3NO3/c13-12(14,15)10-9(11(18)19)8(17)5-6-3-1-2-4-7(6)16-10/h1-4,17H,5H2,(H,18,19). The van der Waals surface area contributed by atoms with E-state index < -0.39 is 29.2 Å². The topological polar surface area (TPSA) is 69.9 Å². The van der Waals surface area contributed by atoms with Gasteiger partial charge in [-0.3, -0.25) is 0 Å². The van der Waals surface area contributed by atoms with E-state index in [0.29, 0.717) is 5.56 Å². The van der Waals surface area contributed by atoms with Gasteiger partial charge in [0.25, 0.3) is 0 Å². The van der Waals surface area contributed by atoms with Crippen molar-refractivity contribution >= 4 is 17.4 Å². The molecule has 19 heavy (non-hydrogen) atoms. The predicted octanol–water partition coefficient (Wildman–Crippen LogP) is 2.77. The minimum absolute atomic E-state index is 0.00220. The Morgan fingerprint density at radius 2 is 1.89 bits per heavy atom. The number of carbonyl (C=O) groups is 1. The van der Waals surface area contributed by atoms with Gasteiger partial charge in [0.2, 0.25) is 0 Å². The lowest BCUT2D eigenvalue weighted by Gasteiger charge is -2.10. The molecule has 7 heteroatoms. The first kappa shape index (κ1) is 13.1. The summed E-state index contributed by atoms with van der Waals surface area (Å²) in [5, 5.41) is 18.5. The summed E-state index contributed by atoms with van der Waals surface area (Å²) < 4.78 is 38.6. The minimum Gasteiger partial charge on any atom is -0.511 e. The maximum atomic E-state index is 12.9. The van der Waals surface area contributed by atoms with Crippen molar-refractivity contribution in [3.63, 3.8) is 0 Å². The third-order valence-corrected chi connectivity index (χ3v) is 2.59. The summed E-state index contributed by atoms with van der Waals surface area (Å²) in [6.45, 7) is 0. The van der Waals surface area contributed by atoms with Gasteiger partial charge in [0.15, 0.2) is 5.71 Å². The zero-order valence-corrected chi connectivity index (χ0v) is 9.40. The molecule has 2 N–H and O–H groups in total. The Labute approximate surface area is 105 Å². The van der Waals surface area contributed by atoms with Crippen molar-refractivity contribution in [2.24, 2.45) is 4.99 Å². The molecule has 0 atom stereocenters. The van der Waals surface area contributed by atoms with E-state index in [1.165, 1.54) is 18.2 Å². The van der Waals surface area contributed by atoms with E-state index in [4.69, 9.17) is 5.11 Å². The second kappa shape index (κ2) is 4.42. The zero-order chi connectivity index (χ0) is 14.2. The third-order valence-electron chi connectivity index (χ3n) is 2.59. The Balaban J connectivity index is 2.72. The summed E-state index contributed by atoms with van der Waals surface area (Å²) >= 11 is 0. The molecule has 0 radical (unpaired) electrons. The maximum Gasteiger partial charge on any atom is 0.434 e. The van der Waals surface area contributed by atoms with Gasteiger partial charge in [0, 0.05) is 6.42 Å². The number of rotatable bonds is 1. The second-order valence-corrected chi connectivity index (χ2v) is 3.89. The minimum atomic E-state index is -4.96. The molecule has 4 nitrogen and oxygen atoms in total. The number of halogens is 3. The zero-order valence-electron chi connectivity index (χ0n) is 9.40. The van der Waals surface area contributed by atoms with Crippen LogP contribution in [0.2, 0.25) is 0 Å². The summed E-state index contributed by atoms with van der Waals surface area (Å²) in [5.41, 5.74) is -2.47. The number of allylic oxidation sites excluding steroid dienone is 1. The normalized spacial score (nSPS) is 15.6. The molecule has 2 rings (SSSR count). The summed E-state index contributed by atoms with van der Waals surface area (Å²) in [6.07, 6.45) is -5.26. The number of alkyl halides is 3. The molecular formula is C12H8F3NO3. The van der Waals surface area contributed by atoms with Crippen LogP contribution in [0.3, 0.4) is 0 Å². The van der Waals surface area contributed by atoms with Crippen LogP contribution in [-0.4, -0.2) is 28.1 Å². The van der Waals surface area contributed by atoms with E-state index >= 15 is 0 Å². The Hall–Kier alpha value is -2.31. The van der Waals surface area contributed by atoms with E-state index in [9.17, 15) is 23.1 Å². The van der Waals surface area contributed by atoms with Crippen molar-refractivity contribution < 1.29 is 28.2 Å². The quantitative estimate of drug-likeness (QED) is 0.825. The van der Waals surface area contributed by atoms with Crippen LogP contribution in [-0.2, 0) is 11.2 Å². The number of aliphatic hydroxyl groups excluding tert-OH is 1. The SMILES string of the molecule is O=C(O)C1=C(O)Cc2ccccc2N=C1C(F)(F)F. The van der Waals surface area contributed by atoms with Crippen LogP contribution in [0.1, 0.15) is 5.56 Å². The molecule has 1 heterocycles. The fourth-order valence-electron chi connectivity index (χ4n) is 1.78. The first-order valence-electron chi connectivity index (χ1n) is 5.20. The van der Waals surface area contributed by atoms with Crippen LogP contribution in [0, 0.1) is 0 Å². The predicted molar refractivity (Wildman–Crippen MR) is 60.6 cm³/mol. The van der Waals surface area contributed by atoms with Crippen LogP contribution >= 0.6 is 0 Å². The van der Waals surface area contributed by atoms with Gasteiger partial charge >= 0.3 is 12.1 Å². The van der Waals surface area contributed by atoms with Crippen molar-refractivity contribution in [2.45, 2.75) is 12.6 Å². The van der Waals surface area contributed by atoms with E-state index in [-0.39, 0.29) is 12.1 Å². The van der Waals surface area contributed by atoms with Crippen LogP contribution in [0.15, 0.2) is 40.6 Å². The molecule has 0 aromatic heterocycles. The van der Waals surface area contributed by atoms with E-state index in [1.807, 2.05) is 0 Å². The Morgan fingerprint density at radius 1 is 1.26 bits per heavy atom. The van der Waals surface area contributed by atoms with Crippen molar-refractivity contribution in [3.05, 3.63) is 41.2 Å². The number of hydrogen-bond donors (Lipinski definition) is 2. The fraction of sp³-hybridized carbons (Fsp3) is 0.167. The smallest absolute Gasteiger partial charge is 0.434 e. The van der Waals surface area contributed by atoms with Gasteiger partial charge in [-0.25, -0.2) is 9.79 Å². The van der Waals surface area contributed by atoms with Crippen LogP contribution in [0.4, 0.5) is 18.9 Å². The molecular weight excluding hydrogens is 263 g/mol. The maximum absolute atomic E-state index is 12.9. The molecule has 1 aromatic rings. The number of carboxylic acid groups (broad SMARTS) is 1. The first-order valence-corrected chi connectivity index (χ1v) is 5.20. The second-order valence-electron chi connectivity index (χ2n) is 3.89. The summed E-state index contributed by atoms with van der Waals surface area (Å²) in [7, 11) is 0. The number of aliphatic carboxylic acids is 1. The highest BCUT2D eigenvalue weighted by molar-refractivity contribution is 6.22. The van der Waals surface area contributed by atoms with Crippen molar-refractivity contribution in [3.8, 4) is 0 Å². The molecule has 0 spiro atoms. The lowest BCUT2D eigenvalue weighted by Crippen LogP contribution is -2.29. The average Bonchev–Trinajstić information content (AvgIpc) is 2.43. The van der Waals surface area contributed by atoms with Gasteiger partial charge in [0.1, 0.15) is 11.3 Å². The summed E-state index contributed by atoms with van der Waals surface area (Å²) in [4.78, 5) is 14.3. The molecule has 1 aromatic carbocycles. The molecule has 0 fully saturated rings. The number of carboxylic acids is 1. The third kappa shape index (κ3) is 2.44. The molecule has 0 unspecified atom stereocenters. The van der Waals surface area contributed by atoms with Gasteiger partial charge in [-0.1, -0.05) is 18.2 Å². The number of fused-ring (bicyclic) bond motifs is 1. The molecule has 0 bridgehead atoms. The largest absolute Gasteiger partial charge is 0.511 e. The van der Waals surface area contributed by atoms with E-state index in [0.717, 1.165) is 0 Å². The van der Waals surface area contributed by atoms with Gasteiger partial charge in [-0.15, -0.1) is 0 Å². The number of para-hydroxylation sites is 1. The Morgan fingerprint density at radius 3 is 2.47 bits per heavy atom. The fourth-order valence-corrected chi connectivity index (χ4v) is 1.78. The van der Waals surface area contributed by atoms with Gasteiger partial charge in [-0.05, 0) is 11.6 Å². The van der Waals surface area contributed by atoms with Crippen molar-refractivity contribution in [2.75, 3.05) is 0 Å². The number of hydrogen-bond acceptors (Lipinski definition) is 3. The number of aliphatic imine (C=N–C) groups is 1. The number of benzene rings is 1. The first-order chi connectivity index (χ1) is 8.80. The molecule has 100 valence electrons. The molecule has 0 aliphatic carbocycles. The van der Waals surface area contributed by atoms with Crippen LogP contribution in [0.25, 0.3) is 0 Å². The molecule has 1 aliphatic rings. The Kier molecular flexibility index (Phi) is 3.05. The molecule has 1 aliphatic heterocycles. The Bertz CT molecular complexity index is 602. The van der Waals surface area contributed by atoms with Crippen molar-refractivity contribution in [1.29, 1.82) is 0 Å². The highest BCUT2D eigenvalue weighted by Crippen LogP contribution is 2.33. The van der Waals surface area contributed by atoms with Gasteiger partial charge in [0.05, 0.1) is 5.69 Å². The monoisotopic (exact) mass is 271 g/mol. The summed E-state index contributed by atoms with van der Waals surface area (Å²) in [6, 6.07) is 5.87. The van der Waals surface area contributed by atoms with Gasteiger partial charge < -0.3 is 10.2 Å². The van der Waals surface area contributed by atoms with Crippen LogP contribution in [0.5, 0.6) is 0 Å². The highest BCUT2D eigenvalue weighted by atomic mass is 19.4. The van der Waals surface area contributed by atoms with Crippen LogP contribution < -0.4 is 0 Å². The van der Waals surface area contributed by atoms with Gasteiger partial charge in [-0.2, -0.15) is 13.2 Å². The molecule has 0 amide bonds. The highest BCUT2D eigenvalue weighted by Gasteiger charge is 2.43. The number of aliphatic hydroxyl groups is 1. The average molecular weight is 271 g/mol. The van der Waals surface area contributed by atoms with Crippen molar-refractivity contribution in [1.82, 2.24) is 0 Å². The molecule has 0 saturated heterocycles. The van der Waals surface area contributed by atoms with E-state index in [2.05, 4.69) is 4.99 Å². The number of nitrogens with zero attached hydrogens (tertiary/aromatic N) is 1. The molecule has 0 saturated carbocycles. The lowest BCUT2D eigenvalue weighted by atomic mass is 10.1. The lowest BCUT2D eigenvalue weighted by molar-refractivity contribution is -0.132.